The van der Waals surface area contributed by atoms with Crippen molar-refractivity contribution in [2.24, 2.45) is 0 Å². The van der Waals surface area contributed by atoms with Crippen LogP contribution in [0.15, 0.2) is 18.2 Å². The summed E-state index contributed by atoms with van der Waals surface area (Å²) in [5, 5.41) is 13.2. The second-order valence-electron chi connectivity index (χ2n) is 2.86. The third-order valence-corrected chi connectivity index (χ3v) is 1.76. The van der Waals surface area contributed by atoms with Gasteiger partial charge in [0.2, 0.25) is 0 Å². The largest absolute Gasteiger partial charge is 0.384 e. The Morgan fingerprint density at radius 2 is 2.31 bits per heavy atom. The Labute approximate surface area is 92.5 Å². The number of carbonyl (C=O) groups excluding carboxylic acids is 1. The highest BCUT2D eigenvalue weighted by Gasteiger charge is 2.03. The number of nitrogens with one attached hydrogen (secondary N) is 2. The van der Waals surface area contributed by atoms with Crippen LogP contribution in [0.4, 0.5) is 14.9 Å². The van der Waals surface area contributed by atoms with Crippen LogP contribution in [-0.4, -0.2) is 24.8 Å². The lowest BCUT2D eigenvalue weighted by molar-refractivity contribution is 0.254. The van der Waals surface area contributed by atoms with E-state index >= 15 is 0 Å². The molecule has 0 saturated carbocycles. The number of benzene rings is 1. The highest BCUT2D eigenvalue weighted by atomic mass is 19.1. The molecular formula is C11H11FN2O2. The lowest BCUT2D eigenvalue weighted by atomic mass is 10.2. The Balaban J connectivity index is 2.86. The summed E-state index contributed by atoms with van der Waals surface area (Å²) in [6, 6.07) is 3.70. The first-order valence-electron chi connectivity index (χ1n) is 4.55. The van der Waals surface area contributed by atoms with Gasteiger partial charge in [-0.05, 0) is 18.2 Å². The molecule has 1 aromatic rings. The lowest BCUT2D eigenvalue weighted by Gasteiger charge is -2.04. The molecule has 0 aliphatic rings. The smallest absolute Gasteiger partial charge is 0.318 e. The zero-order valence-corrected chi connectivity index (χ0v) is 8.67. The van der Waals surface area contributed by atoms with Crippen LogP contribution in [-0.2, 0) is 0 Å². The third kappa shape index (κ3) is 3.26. The standard InChI is InChI=1S/C11H11FN2O2/c1-13-11(16)14-9-5-4-8(3-2-6-15)10(12)7-9/h4-5,7,15H,6H2,1H3,(H2,13,14,16). The zero-order valence-electron chi connectivity index (χ0n) is 8.67. The van der Waals surface area contributed by atoms with Gasteiger partial charge in [-0.3, -0.25) is 0 Å². The molecule has 0 aliphatic heterocycles. The minimum absolute atomic E-state index is 0.177. The van der Waals surface area contributed by atoms with E-state index < -0.39 is 11.8 Å². The quantitative estimate of drug-likeness (QED) is 0.619. The monoisotopic (exact) mass is 222 g/mol. The maximum atomic E-state index is 13.4. The van der Waals surface area contributed by atoms with Crippen molar-refractivity contribution in [1.82, 2.24) is 5.32 Å². The predicted octanol–water partition coefficient (Wildman–Crippen LogP) is 0.921. The third-order valence-electron chi connectivity index (χ3n) is 1.76. The van der Waals surface area contributed by atoms with E-state index in [1.54, 1.807) is 0 Å². The lowest BCUT2D eigenvalue weighted by Crippen LogP contribution is -2.24. The Kier molecular flexibility index (Phi) is 4.30. The number of carbonyl (C=O) groups is 1. The van der Waals surface area contributed by atoms with Crippen molar-refractivity contribution in [2.75, 3.05) is 19.0 Å². The van der Waals surface area contributed by atoms with Gasteiger partial charge in [0, 0.05) is 12.7 Å². The van der Waals surface area contributed by atoms with Crippen LogP contribution in [0.1, 0.15) is 5.56 Å². The second kappa shape index (κ2) is 5.73. The van der Waals surface area contributed by atoms with Gasteiger partial charge in [-0.1, -0.05) is 11.8 Å². The highest BCUT2D eigenvalue weighted by molar-refractivity contribution is 5.89. The number of hydrogen-bond donors (Lipinski definition) is 3. The maximum absolute atomic E-state index is 13.4. The van der Waals surface area contributed by atoms with Gasteiger partial charge < -0.3 is 15.7 Å². The van der Waals surface area contributed by atoms with E-state index in [1.165, 1.54) is 19.2 Å². The van der Waals surface area contributed by atoms with Crippen molar-refractivity contribution >= 4 is 11.7 Å². The molecule has 0 spiro atoms. The molecule has 4 nitrogen and oxygen atoms in total. The van der Waals surface area contributed by atoms with Crippen molar-refractivity contribution < 1.29 is 14.3 Å². The Morgan fingerprint density at radius 3 is 2.88 bits per heavy atom. The fourth-order valence-electron chi connectivity index (χ4n) is 1.02. The van der Waals surface area contributed by atoms with Crippen LogP contribution in [0.2, 0.25) is 0 Å². The van der Waals surface area contributed by atoms with Crippen LogP contribution in [0.3, 0.4) is 0 Å². The molecule has 0 fully saturated rings. The van der Waals surface area contributed by atoms with Crippen LogP contribution in [0.25, 0.3) is 0 Å². The van der Waals surface area contributed by atoms with Crippen LogP contribution < -0.4 is 10.6 Å². The Hall–Kier alpha value is -2.06. The van der Waals surface area contributed by atoms with Crippen molar-refractivity contribution in [3.05, 3.63) is 29.6 Å². The number of anilines is 1. The van der Waals surface area contributed by atoms with Crippen molar-refractivity contribution in [1.29, 1.82) is 0 Å². The average Bonchev–Trinajstić information content (AvgIpc) is 2.28. The minimum Gasteiger partial charge on any atom is -0.384 e. The van der Waals surface area contributed by atoms with E-state index in [0.29, 0.717) is 5.69 Å². The van der Waals surface area contributed by atoms with Gasteiger partial charge >= 0.3 is 6.03 Å². The highest BCUT2D eigenvalue weighted by Crippen LogP contribution is 2.13. The van der Waals surface area contributed by atoms with Gasteiger partial charge in [0.1, 0.15) is 12.4 Å². The molecule has 0 bridgehead atoms. The number of aliphatic hydroxyl groups is 1. The van der Waals surface area contributed by atoms with E-state index in [9.17, 15) is 9.18 Å². The summed E-state index contributed by atoms with van der Waals surface area (Å²) < 4.78 is 13.4. The summed E-state index contributed by atoms with van der Waals surface area (Å²) in [4.78, 5) is 10.9. The SMILES string of the molecule is CNC(=O)Nc1ccc(C#CCO)c(F)c1. The Bertz CT molecular complexity index is 449. The predicted molar refractivity (Wildman–Crippen MR) is 58.4 cm³/mol. The summed E-state index contributed by atoms with van der Waals surface area (Å²) in [5.41, 5.74) is 0.517. The molecule has 0 atom stereocenters. The van der Waals surface area contributed by atoms with Gasteiger partial charge in [-0.15, -0.1) is 0 Å². The molecule has 0 heterocycles. The number of aliphatic hydroxyl groups excluding tert-OH is 1. The molecule has 0 aromatic heterocycles. The number of rotatable bonds is 1. The molecule has 0 radical (unpaired) electrons. The van der Waals surface area contributed by atoms with Gasteiger partial charge in [0.05, 0.1) is 5.56 Å². The van der Waals surface area contributed by atoms with Gasteiger partial charge in [-0.2, -0.15) is 0 Å². The minimum atomic E-state index is -0.546. The molecule has 84 valence electrons. The maximum Gasteiger partial charge on any atom is 0.318 e. The summed E-state index contributed by atoms with van der Waals surface area (Å²) in [5.74, 6) is 4.25. The average molecular weight is 222 g/mol. The molecule has 0 unspecified atom stereocenters. The van der Waals surface area contributed by atoms with Crippen LogP contribution in [0.5, 0.6) is 0 Å². The van der Waals surface area contributed by atoms with Crippen molar-refractivity contribution in [3.8, 4) is 11.8 Å². The van der Waals surface area contributed by atoms with Crippen molar-refractivity contribution in [2.45, 2.75) is 0 Å². The molecule has 3 N–H and O–H groups in total. The molecule has 1 aromatic carbocycles. The number of halogens is 1. The fraction of sp³-hybridized carbons (Fsp3) is 0.182. The van der Waals surface area contributed by atoms with Crippen molar-refractivity contribution in [3.63, 3.8) is 0 Å². The van der Waals surface area contributed by atoms with Gasteiger partial charge in [-0.25, -0.2) is 9.18 Å². The molecule has 0 aliphatic carbocycles. The van der Waals surface area contributed by atoms with Crippen LogP contribution in [0, 0.1) is 17.7 Å². The number of hydrogen-bond acceptors (Lipinski definition) is 2. The molecule has 2 amide bonds. The first-order valence-corrected chi connectivity index (χ1v) is 4.55. The Morgan fingerprint density at radius 1 is 1.56 bits per heavy atom. The first kappa shape index (κ1) is 12.0. The van der Waals surface area contributed by atoms with Gasteiger partial charge in [0.25, 0.3) is 0 Å². The summed E-state index contributed by atoms with van der Waals surface area (Å²) in [6.45, 7) is -0.322. The number of urea groups is 1. The normalized spacial score (nSPS) is 8.94. The molecular weight excluding hydrogens is 211 g/mol. The zero-order chi connectivity index (χ0) is 12.0. The molecule has 1 rings (SSSR count). The fourth-order valence-corrected chi connectivity index (χ4v) is 1.02. The van der Waals surface area contributed by atoms with Gasteiger partial charge in [0.15, 0.2) is 0 Å². The topological polar surface area (TPSA) is 61.4 Å². The van der Waals surface area contributed by atoms with E-state index in [-0.39, 0.29) is 12.2 Å². The van der Waals surface area contributed by atoms with E-state index in [2.05, 4.69) is 22.5 Å². The second-order valence-corrected chi connectivity index (χ2v) is 2.86. The first-order chi connectivity index (χ1) is 7.67. The molecule has 0 saturated heterocycles. The molecule has 16 heavy (non-hydrogen) atoms. The van der Waals surface area contributed by atoms with E-state index in [1.807, 2.05) is 0 Å². The van der Waals surface area contributed by atoms with E-state index in [0.717, 1.165) is 6.07 Å². The molecule has 5 heteroatoms. The summed E-state index contributed by atoms with van der Waals surface area (Å²) in [7, 11) is 1.47. The van der Waals surface area contributed by atoms with E-state index in [4.69, 9.17) is 5.11 Å². The van der Waals surface area contributed by atoms with Crippen LogP contribution >= 0.6 is 0 Å². The summed E-state index contributed by atoms with van der Waals surface area (Å²) >= 11 is 0. The summed E-state index contributed by atoms with van der Waals surface area (Å²) in [6.07, 6.45) is 0. The number of amides is 2.